The maximum Gasteiger partial charge on any atom is 0.216 e. The Morgan fingerprint density at radius 2 is 2.00 bits per heavy atom. The monoisotopic (exact) mass is 255 g/mol. The Labute approximate surface area is 97.0 Å². The quantitative estimate of drug-likeness (QED) is 0.506. The van der Waals surface area contributed by atoms with Crippen LogP contribution in [0, 0.1) is 0 Å². The van der Waals surface area contributed by atoms with Gasteiger partial charge in [0.1, 0.15) is 0 Å². The van der Waals surface area contributed by atoms with Crippen LogP contribution in [0.2, 0.25) is 0 Å². The van der Waals surface area contributed by atoms with E-state index in [1.54, 1.807) is 7.11 Å². The van der Waals surface area contributed by atoms with Crippen molar-refractivity contribution in [3.8, 4) is 0 Å². The summed E-state index contributed by atoms with van der Waals surface area (Å²) in [6.07, 6.45) is 0.598. The third kappa shape index (κ3) is 7.13. The molecular formula is C9H21NO5S. The third-order valence-electron chi connectivity index (χ3n) is 1.99. The van der Waals surface area contributed by atoms with Gasteiger partial charge in [-0.15, -0.1) is 0 Å². The molecule has 0 aromatic carbocycles. The molecular weight excluding hydrogens is 234 g/mol. The first-order valence-corrected chi connectivity index (χ1v) is 6.75. The van der Waals surface area contributed by atoms with Crippen molar-refractivity contribution in [2.75, 3.05) is 40.1 Å². The van der Waals surface area contributed by atoms with Gasteiger partial charge in [-0.3, -0.25) is 0 Å². The predicted octanol–water partition coefficient (Wildman–Crippen LogP) is -0.660. The van der Waals surface area contributed by atoms with Crippen LogP contribution in [0.15, 0.2) is 0 Å². The second kappa shape index (κ2) is 8.89. The molecule has 98 valence electrons. The number of hydrogen-bond acceptors (Lipinski definition) is 5. The second-order valence-electron chi connectivity index (χ2n) is 3.39. The van der Waals surface area contributed by atoms with Gasteiger partial charge in [-0.2, -0.15) is 0 Å². The lowest BCUT2D eigenvalue weighted by Crippen LogP contribution is -2.35. The van der Waals surface area contributed by atoms with Crippen LogP contribution in [0.5, 0.6) is 0 Å². The maximum atomic E-state index is 11.4. The largest absolute Gasteiger partial charge is 0.395 e. The summed E-state index contributed by atoms with van der Waals surface area (Å²) >= 11 is 0. The molecule has 0 rings (SSSR count). The first-order chi connectivity index (χ1) is 7.54. The van der Waals surface area contributed by atoms with Crippen LogP contribution >= 0.6 is 0 Å². The maximum absolute atomic E-state index is 11.4. The molecule has 0 fully saturated rings. The molecule has 0 amide bonds. The molecule has 0 saturated carbocycles. The number of aliphatic hydroxyl groups excluding tert-OH is 1. The van der Waals surface area contributed by atoms with Gasteiger partial charge in [0.25, 0.3) is 0 Å². The molecule has 0 radical (unpaired) electrons. The van der Waals surface area contributed by atoms with Crippen molar-refractivity contribution in [3.63, 3.8) is 0 Å². The van der Waals surface area contributed by atoms with Crippen LogP contribution < -0.4 is 4.72 Å². The summed E-state index contributed by atoms with van der Waals surface area (Å²) in [5, 5.41) is 7.94. The lowest BCUT2D eigenvalue weighted by Gasteiger charge is -2.11. The molecule has 16 heavy (non-hydrogen) atoms. The molecule has 0 saturated heterocycles. The van der Waals surface area contributed by atoms with Crippen LogP contribution in [-0.2, 0) is 19.5 Å². The summed E-state index contributed by atoms with van der Waals surface area (Å²) in [5.74, 6) is 0. The predicted molar refractivity (Wildman–Crippen MR) is 60.8 cm³/mol. The zero-order valence-electron chi connectivity index (χ0n) is 9.81. The Kier molecular flexibility index (Phi) is 8.77. The summed E-state index contributed by atoms with van der Waals surface area (Å²) in [6, 6.07) is 0. The van der Waals surface area contributed by atoms with E-state index >= 15 is 0 Å². The molecule has 0 aromatic heterocycles. The molecule has 0 spiro atoms. The highest BCUT2D eigenvalue weighted by Gasteiger charge is 2.18. The van der Waals surface area contributed by atoms with Gasteiger partial charge in [0, 0.05) is 20.3 Å². The Hall–Kier alpha value is -0.210. The highest BCUT2D eigenvalue weighted by Crippen LogP contribution is 1.96. The van der Waals surface area contributed by atoms with Crippen molar-refractivity contribution in [1.82, 2.24) is 4.72 Å². The minimum atomic E-state index is -3.39. The van der Waals surface area contributed by atoms with Crippen molar-refractivity contribution in [2.45, 2.75) is 18.6 Å². The van der Waals surface area contributed by atoms with E-state index < -0.39 is 15.3 Å². The van der Waals surface area contributed by atoms with Gasteiger partial charge in [0.15, 0.2) is 0 Å². The van der Waals surface area contributed by atoms with Gasteiger partial charge < -0.3 is 14.6 Å². The molecule has 7 heteroatoms. The molecule has 0 aliphatic carbocycles. The van der Waals surface area contributed by atoms with E-state index in [0.29, 0.717) is 32.8 Å². The Balaban J connectivity index is 3.51. The average molecular weight is 255 g/mol. The molecule has 2 N–H and O–H groups in total. The number of nitrogens with one attached hydrogen (secondary N) is 1. The van der Waals surface area contributed by atoms with E-state index in [1.807, 2.05) is 0 Å². The molecule has 1 unspecified atom stereocenters. The topological polar surface area (TPSA) is 84.9 Å². The van der Waals surface area contributed by atoms with Gasteiger partial charge in [-0.25, -0.2) is 13.1 Å². The fourth-order valence-corrected chi connectivity index (χ4v) is 1.78. The summed E-state index contributed by atoms with van der Waals surface area (Å²) < 4.78 is 35.1. The van der Waals surface area contributed by atoms with Gasteiger partial charge in [-0.1, -0.05) is 0 Å². The third-order valence-corrected chi connectivity index (χ3v) is 3.80. The van der Waals surface area contributed by atoms with Crippen molar-refractivity contribution < 1.29 is 23.0 Å². The molecule has 0 aromatic rings. The van der Waals surface area contributed by atoms with Gasteiger partial charge in [0.05, 0.1) is 25.1 Å². The molecule has 0 aliphatic heterocycles. The molecule has 1 atom stereocenters. The molecule has 0 aliphatic rings. The van der Waals surface area contributed by atoms with E-state index in [2.05, 4.69) is 4.72 Å². The standard InChI is InChI=1S/C9H21NO5S/c1-9(8-11)16(12,13)10-4-3-5-15-7-6-14-2/h9-11H,3-8H2,1-2H3. The van der Waals surface area contributed by atoms with E-state index in [4.69, 9.17) is 14.6 Å². The van der Waals surface area contributed by atoms with Crippen LogP contribution in [0.3, 0.4) is 0 Å². The summed E-state index contributed by atoms with van der Waals surface area (Å²) in [7, 11) is -1.80. The minimum Gasteiger partial charge on any atom is -0.395 e. The SMILES string of the molecule is COCCOCCCNS(=O)(=O)C(C)CO. The van der Waals surface area contributed by atoms with Crippen LogP contribution in [-0.4, -0.2) is 58.9 Å². The molecule has 0 heterocycles. The Morgan fingerprint density at radius 3 is 2.56 bits per heavy atom. The van der Waals surface area contributed by atoms with Gasteiger partial charge in [0.2, 0.25) is 10.0 Å². The number of aliphatic hydroxyl groups is 1. The lowest BCUT2D eigenvalue weighted by molar-refractivity contribution is 0.0699. The van der Waals surface area contributed by atoms with Crippen molar-refractivity contribution in [3.05, 3.63) is 0 Å². The van der Waals surface area contributed by atoms with Crippen LogP contribution in [0.4, 0.5) is 0 Å². The van der Waals surface area contributed by atoms with E-state index in [9.17, 15) is 8.42 Å². The van der Waals surface area contributed by atoms with E-state index in [1.165, 1.54) is 6.92 Å². The number of sulfonamides is 1. The first-order valence-electron chi connectivity index (χ1n) is 5.20. The normalized spacial score (nSPS) is 13.9. The summed E-state index contributed by atoms with van der Waals surface area (Å²) in [5.41, 5.74) is 0. The van der Waals surface area contributed by atoms with Crippen LogP contribution in [0.25, 0.3) is 0 Å². The summed E-state index contributed by atoms with van der Waals surface area (Å²) in [4.78, 5) is 0. The summed E-state index contributed by atoms with van der Waals surface area (Å²) in [6.45, 7) is 2.93. The smallest absolute Gasteiger partial charge is 0.216 e. The molecule has 0 bridgehead atoms. The highest BCUT2D eigenvalue weighted by molar-refractivity contribution is 7.90. The molecule has 6 nitrogen and oxygen atoms in total. The van der Waals surface area contributed by atoms with Crippen LogP contribution in [0.1, 0.15) is 13.3 Å². The number of hydrogen-bond donors (Lipinski definition) is 2. The Bertz CT molecular complexity index is 255. The van der Waals surface area contributed by atoms with E-state index in [-0.39, 0.29) is 6.61 Å². The lowest BCUT2D eigenvalue weighted by atomic mass is 10.5. The highest BCUT2D eigenvalue weighted by atomic mass is 32.2. The van der Waals surface area contributed by atoms with Crippen molar-refractivity contribution in [2.24, 2.45) is 0 Å². The average Bonchev–Trinajstić information content (AvgIpc) is 2.26. The minimum absolute atomic E-state index is 0.319. The number of methoxy groups -OCH3 is 1. The number of rotatable bonds is 10. The fourth-order valence-electron chi connectivity index (χ4n) is 0.873. The fraction of sp³-hybridized carbons (Fsp3) is 1.00. The zero-order valence-corrected chi connectivity index (χ0v) is 10.6. The van der Waals surface area contributed by atoms with Crippen molar-refractivity contribution in [1.29, 1.82) is 0 Å². The second-order valence-corrected chi connectivity index (χ2v) is 5.57. The Morgan fingerprint density at radius 1 is 1.31 bits per heavy atom. The zero-order chi connectivity index (χ0) is 12.4. The van der Waals surface area contributed by atoms with E-state index in [0.717, 1.165) is 0 Å². The van der Waals surface area contributed by atoms with Gasteiger partial charge >= 0.3 is 0 Å². The van der Waals surface area contributed by atoms with Gasteiger partial charge in [-0.05, 0) is 13.3 Å². The van der Waals surface area contributed by atoms with Crippen molar-refractivity contribution >= 4 is 10.0 Å². The first kappa shape index (κ1) is 15.8. The number of ether oxygens (including phenoxy) is 2.